The fraction of sp³-hybridized carbons (Fsp3) is 0.917. The number of carbonyl (C=O) groups is 2. The van der Waals surface area contributed by atoms with Crippen molar-refractivity contribution in [1.29, 1.82) is 0 Å². The molecular weight excluding hydrogens is 368 g/mol. The molecule has 0 aromatic carbocycles. The van der Waals surface area contributed by atoms with Crippen LogP contribution in [0.25, 0.3) is 0 Å². The Labute approximate surface area is 174 Å². The van der Waals surface area contributed by atoms with E-state index in [9.17, 15) is 14.7 Å². The molecule has 0 aliphatic heterocycles. The molecule has 2 bridgehead atoms. The average molecular weight is 407 g/mol. The van der Waals surface area contributed by atoms with E-state index in [2.05, 4.69) is 13.8 Å². The molecule has 4 fully saturated rings. The number of rotatable bonds is 4. The van der Waals surface area contributed by atoms with E-state index >= 15 is 0 Å². The second-order valence-corrected chi connectivity index (χ2v) is 11.3. The van der Waals surface area contributed by atoms with Gasteiger partial charge in [0.15, 0.2) is 0 Å². The molecule has 1 N–H and O–H groups in total. The van der Waals surface area contributed by atoms with Crippen LogP contribution in [0.15, 0.2) is 0 Å². The largest absolute Gasteiger partial charge is 0.465 e. The number of hydrogen-bond donors (Lipinski definition) is 1. The third-order valence-electron chi connectivity index (χ3n) is 9.57. The Bertz CT molecular complexity index is 691. The first-order valence-corrected chi connectivity index (χ1v) is 11.5. The van der Waals surface area contributed by atoms with E-state index in [-0.39, 0.29) is 40.7 Å². The minimum absolute atomic E-state index is 0.0454. The van der Waals surface area contributed by atoms with Crippen LogP contribution in [0, 0.1) is 34.0 Å². The lowest BCUT2D eigenvalue weighted by atomic mass is 9.41. The zero-order chi connectivity index (χ0) is 21.1. The van der Waals surface area contributed by atoms with Crippen molar-refractivity contribution in [1.82, 2.24) is 0 Å². The summed E-state index contributed by atoms with van der Waals surface area (Å²) in [6, 6.07) is 0. The van der Waals surface area contributed by atoms with Crippen LogP contribution in [0.4, 0.5) is 0 Å². The van der Waals surface area contributed by atoms with E-state index in [1.165, 1.54) is 26.7 Å². The van der Waals surface area contributed by atoms with Gasteiger partial charge in [-0.25, -0.2) is 0 Å². The van der Waals surface area contributed by atoms with Gasteiger partial charge in [0.05, 0.1) is 6.61 Å². The third-order valence-corrected chi connectivity index (χ3v) is 9.57. The van der Waals surface area contributed by atoms with Crippen LogP contribution >= 0.6 is 0 Å². The number of fused-ring (bicyclic) bond motifs is 3. The molecule has 29 heavy (non-hydrogen) atoms. The van der Waals surface area contributed by atoms with Gasteiger partial charge < -0.3 is 14.6 Å². The van der Waals surface area contributed by atoms with Crippen molar-refractivity contribution in [3.8, 4) is 0 Å². The molecule has 0 amide bonds. The Balaban J connectivity index is 1.59. The minimum Gasteiger partial charge on any atom is -0.465 e. The van der Waals surface area contributed by atoms with Gasteiger partial charge in [-0.05, 0) is 80.0 Å². The number of carbonyl (C=O) groups excluding carboxylic acids is 2. The van der Waals surface area contributed by atoms with Crippen molar-refractivity contribution in [3.63, 3.8) is 0 Å². The van der Waals surface area contributed by atoms with Crippen molar-refractivity contribution in [3.05, 3.63) is 0 Å². The number of ether oxygens (including phenoxy) is 2. The fourth-order valence-corrected chi connectivity index (χ4v) is 8.59. The summed E-state index contributed by atoms with van der Waals surface area (Å²) in [5.74, 6) is 0.899. The molecule has 0 unspecified atom stereocenters. The standard InChI is InChI=1S/C24H38O5/c1-16(25)28-14-21(3)9-5-10-22(4)19(21)8-11-23-12-18(6-7-20(22)23)24(27,13-23)15-29-17(2)26/h18-20,27H,5-15H2,1-4H3/t18-,19+,20-,21-,22+,23-,24+/m0/s1. The minimum atomic E-state index is -0.862. The quantitative estimate of drug-likeness (QED) is 0.707. The lowest BCUT2D eigenvalue weighted by Gasteiger charge is -2.64. The summed E-state index contributed by atoms with van der Waals surface area (Å²) in [6.45, 7) is 8.41. The fourth-order valence-electron chi connectivity index (χ4n) is 8.59. The third kappa shape index (κ3) is 3.32. The van der Waals surface area contributed by atoms with E-state index in [0.717, 1.165) is 44.9 Å². The van der Waals surface area contributed by atoms with Crippen LogP contribution in [-0.4, -0.2) is 35.9 Å². The Hall–Kier alpha value is -1.10. The van der Waals surface area contributed by atoms with E-state index in [1.54, 1.807) is 0 Å². The Morgan fingerprint density at radius 2 is 1.62 bits per heavy atom. The molecule has 0 aromatic rings. The summed E-state index contributed by atoms with van der Waals surface area (Å²) < 4.78 is 10.8. The van der Waals surface area contributed by atoms with Crippen LogP contribution < -0.4 is 0 Å². The highest BCUT2D eigenvalue weighted by Crippen LogP contribution is 2.72. The van der Waals surface area contributed by atoms with Gasteiger partial charge in [0, 0.05) is 19.3 Å². The summed E-state index contributed by atoms with van der Waals surface area (Å²) in [5.41, 5.74) is -0.422. The molecule has 4 saturated carbocycles. The number of esters is 2. The lowest BCUT2D eigenvalue weighted by Crippen LogP contribution is -2.57. The normalized spacial score (nSPS) is 48.4. The summed E-state index contributed by atoms with van der Waals surface area (Å²) in [5, 5.41) is 11.4. The van der Waals surface area contributed by atoms with E-state index in [0.29, 0.717) is 18.4 Å². The van der Waals surface area contributed by atoms with Crippen LogP contribution in [0.5, 0.6) is 0 Å². The molecule has 4 aliphatic rings. The molecule has 0 saturated heterocycles. The average Bonchev–Trinajstić information content (AvgIpc) is 2.84. The van der Waals surface area contributed by atoms with Crippen LogP contribution in [-0.2, 0) is 19.1 Å². The van der Waals surface area contributed by atoms with E-state index < -0.39 is 5.60 Å². The van der Waals surface area contributed by atoms with Gasteiger partial charge in [0.2, 0.25) is 0 Å². The topological polar surface area (TPSA) is 72.8 Å². The maximum absolute atomic E-state index is 11.5. The number of hydrogen-bond acceptors (Lipinski definition) is 5. The van der Waals surface area contributed by atoms with Crippen molar-refractivity contribution < 1.29 is 24.2 Å². The van der Waals surface area contributed by atoms with Gasteiger partial charge in [-0.3, -0.25) is 9.59 Å². The summed E-state index contributed by atoms with van der Waals surface area (Å²) in [4.78, 5) is 22.9. The lowest BCUT2D eigenvalue weighted by molar-refractivity contribution is -0.173. The molecule has 164 valence electrons. The zero-order valence-corrected chi connectivity index (χ0v) is 18.6. The number of aliphatic hydroxyl groups is 1. The second-order valence-electron chi connectivity index (χ2n) is 11.3. The summed E-state index contributed by atoms with van der Waals surface area (Å²) >= 11 is 0. The van der Waals surface area contributed by atoms with Gasteiger partial charge in [0.25, 0.3) is 0 Å². The Morgan fingerprint density at radius 1 is 0.931 bits per heavy atom. The zero-order valence-electron chi connectivity index (χ0n) is 18.6. The van der Waals surface area contributed by atoms with Crippen molar-refractivity contribution in [2.75, 3.05) is 13.2 Å². The van der Waals surface area contributed by atoms with Crippen LogP contribution in [0.3, 0.4) is 0 Å². The Morgan fingerprint density at radius 3 is 2.31 bits per heavy atom. The van der Waals surface area contributed by atoms with Gasteiger partial charge in [-0.1, -0.05) is 20.3 Å². The molecule has 4 rings (SSSR count). The van der Waals surface area contributed by atoms with Crippen molar-refractivity contribution in [2.45, 2.75) is 91.1 Å². The maximum Gasteiger partial charge on any atom is 0.302 e. The highest BCUT2D eigenvalue weighted by atomic mass is 16.5. The van der Waals surface area contributed by atoms with Gasteiger partial charge >= 0.3 is 11.9 Å². The van der Waals surface area contributed by atoms with E-state index in [1.807, 2.05) is 0 Å². The monoisotopic (exact) mass is 406 g/mol. The second kappa shape index (κ2) is 6.96. The predicted molar refractivity (Wildman–Crippen MR) is 109 cm³/mol. The van der Waals surface area contributed by atoms with Gasteiger partial charge in [0.1, 0.15) is 12.2 Å². The molecular formula is C24H38O5. The predicted octanol–water partition coefficient (Wildman–Crippen LogP) is 4.26. The summed E-state index contributed by atoms with van der Waals surface area (Å²) in [7, 11) is 0. The van der Waals surface area contributed by atoms with Crippen molar-refractivity contribution >= 4 is 11.9 Å². The molecule has 0 aromatic heterocycles. The SMILES string of the molecule is CC(=O)OC[C@]1(C)CCC[C@]2(C)[C@@H]1CC[C@@]13C[C@H](CC[C@H]12)[C@](O)(COC(C)=O)C3. The molecule has 7 atom stereocenters. The molecule has 0 heterocycles. The van der Waals surface area contributed by atoms with Gasteiger partial charge in [-0.2, -0.15) is 0 Å². The molecule has 1 spiro atoms. The highest BCUT2D eigenvalue weighted by molar-refractivity contribution is 5.66. The van der Waals surface area contributed by atoms with Gasteiger partial charge in [-0.15, -0.1) is 0 Å². The molecule has 0 radical (unpaired) electrons. The summed E-state index contributed by atoms with van der Waals surface area (Å²) in [6.07, 6.45) is 9.82. The molecule has 4 aliphatic carbocycles. The maximum atomic E-state index is 11.5. The van der Waals surface area contributed by atoms with Crippen LogP contribution in [0.1, 0.15) is 85.5 Å². The first-order valence-electron chi connectivity index (χ1n) is 11.5. The molecule has 5 heteroatoms. The van der Waals surface area contributed by atoms with Crippen molar-refractivity contribution in [2.24, 2.45) is 34.0 Å². The smallest absolute Gasteiger partial charge is 0.302 e. The first kappa shape index (κ1) is 21.1. The first-order chi connectivity index (χ1) is 13.5. The molecule has 5 nitrogen and oxygen atoms in total. The van der Waals surface area contributed by atoms with E-state index in [4.69, 9.17) is 9.47 Å². The Kier molecular flexibility index (Phi) is 5.08. The highest BCUT2D eigenvalue weighted by Gasteiger charge is 2.67. The van der Waals surface area contributed by atoms with Crippen LogP contribution in [0.2, 0.25) is 0 Å².